The summed E-state index contributed by atoms with van der Waals surface area (Å²) in [4.78, 5) is 0. The molecule has 0 aliphatic heterocycles. The van der Waals surface area contributed by atoms with Crippen LogP contribution in [0.25, 0.3) is 0 Å². The minimum Gasteiger partial charge on any atom is -0.395 e. The Morgan fingerprint density at radius 3 is 2.40 bits per heavy atom. The van der Waals surface area contributed by atoms with Crippen LogP contribution in [0.2, 0.25) is 0 Å². The fourth-order valence-electron chi connectivity index (χ4n) is 0.1000. The first-order valence-corrected chi connectivity index (χ1v) is 1.58. The molecule has 0 atom stereocenters. The Kier molecular flexibility index (Phi) is 3.86. The van der Waals surface area contributed by atoms with Crippen molar-refractivity contribution in [2.45, 2.75) is 0 Å². The monoisotopic (exact) mass is 74.1 g/mol. The standard InChI is InChI=1S/C3H8NO/c1-4-2-3-5/h5H,2-3H2,1H3. The highest BCUT2D eigenvalue weighted by atomic mass is 16.3. The number of likely N-dealkylation sites (N-methyl/N-ethyl adjacent to an activating group) is 1. The molecule has 0 unspecified atom stereocenters. The Labute approximate surface area is 31.8 Å². The van der Waals surface area contributed by atoms with Crippen molar-refractivity contribution >= 4 is 0 Å². The molecule has 31 valence electrons. The molecule has 0 aliphatic rings. The van der Waals surface area contributed by atoms with Crippen molar-refractivity contribution in [3.05, 3.63) is 0 Å². The molecule has 2 heteroatoms. The maximum atomic E-state index is 7.97. The smallest absolute Gasteiger partial charge is 0.0572 e. The highest BCUT2D eigenvalue weighted by Gasteiger charge is 1.68. The summed E-state index contributed by atoms with van der Waals surface area (Å²) in [6, 6.07) is 0. The molecular weight excluding hydrogens is 66.0 g/mol. The number of aliphatic hydroxyl groups excluding tert-OH is 1. The minimum absolute atomic E-state index is 0.177. The Morgan fingerprint density at radius 2 is 2.40 bits per heavy atom. The maximum Gasteiger partial charge on any atom is 0.0572 e. The van der Waals surface area contributed by atoms with Gasteiger partial charge in [-0.15, -0.1) is 0 Å². The van der Waals surface area contributed by atoms with E-state index in [4.69, 9.17) is 5.11 Å². The van der Waals surface area contributed by atoms with Gasteiger partial charge < -0.3 is 5.11 Å². The molecule has 0 rings (SSSR count). The fraction of sp³-hybridized carbons (Fsp3) is 1.00. The lowest BCUT2D eigenvalue weighted by Gasteiger charge is -1.81. The molecule has 0 aromatic heterocycles. The lowest BCUT2D eigenvalue weighted by Crippen LogP contribution is -2.02. The summed E-state index contributed by atoms with van der Waals surface area (Å²) in [6.07, 6.45) is 0. The molecule has 0 amide bonds. The first-order valence-electron chi connectivity index (χ1n) is 1.58. The zero-order chi connectivity index (χ0) is 4.12. The molecule has 0 aromatic carbocycles. The second-order valence-electron chi connectivity index (χ2n) is 0.763. The van der Waals surface area contributed by atoms with Gasteiger partial charge in [0.2, 0.25) is 0 Å². The zero-order valence-electron chi connectivity index (χ0n) is 3.31. The number of nitrogens with zero attached hydrogens (tertiary/aromatic N) is 1. The third-order valence-corrected chi connectivity index (χ3v) is 0.324. The van der Waals surface area contributed by atoms with E-state index in [-0.39, 0.29) is 6.61 Å². The van der Waals surface area contributed by atoms with Gasteiger partial charge in [-0.05, 0) is 0 Å². The van der Waals surface area contributed by atoms with E-state index in [1.54, 1.807) is 7.05 Å². The SMILES string of the molecule is C[N]CCO. The molecule has 1 N–H and O–H groups in total. The number of hydrogen-bond donors (Lipinski definition) is 1. The van der Waals surface area contributed by atoms with Crippen LogP contribution in [0.1, 0.15) is 0 Å². The van der Waals surface area contributed by atoms with Gasteiger partial charge in [-0.1, -0.05) is 0 Å². The van der Waals surface area contributed by atoms with Crippen molar-refractivity contribution in [1.82, 2.24) is 5.32 Å². The summed E-state index contributed by atoms with van der Waals surface area (Å²) in [5.74, 6) is 0. The van der Waals surface area contributed by atoms with Crippen LogP contribution in [-0.4, -0.2) is 25.3 Å². The third-order valence-electron chi connectivity index (χ3n) is 0.324. The summed E-state index contributed by atoms with van der Waals surface area (Å²) in [7, 11) is 1.68. The number of hydrogen-bond acceptors (Lipinski definition) is 1. The van der Waals surface area contributed by atoms with Gasteiger partial charge in [-0.25, -0.2) is 5.32 Å². The molecule has 2 nitrogen and oxygen atoms in total. The molecule has 1 radical (unpaired) electrons. The van der Waals surface area contributed by atoms with Gasteiger partial charge in [0.15, 0.2) is 0 Å². The van der Waals surface area contributed by atoms with Crippen LogP contribution >= 0.6 is 0 Å². The van der Waals surface area contributed by atoms with E-state index in [9.17, 15) is 0 Å². The van der Waals surface area contributed by atoms with Crippen molar-refractivity contribution in [1.29, 1.82) is 0 Å². The summed E-state index contributed by atoms with van der Waals surface area (Å²) in [6.45, 7) is 0.747. The van der Waals surface area contributed by atoms with Crippen LogP contribution in [-0.2, 0) is 0 Å². The Hall–Kier alpha value is -0.0800. The van der Waals surface area contributed by atoms with Gasteiger partial charge >= 0.3 is 0 Å². The normalized spacial score (nSPS) is 8.40. The highest BCUT2D eigenvalue weighted by Crippen LogP contribution is 1.46. The van der Waals surface area contributed by atoms with E-state index >= 15 is 0 Å². The average molecular weight is 74.1 g/mol. The second-order valence-corrected chi connectivity index (χ2v) is 0.763. The predicted molar refractivity (Wildman–Crippen MR) is 20.0 cm³/mol. The van der Waals surface area contributed by atoms with E-state index in [0.717, 1.165) is 0 Å². The van der Waals surface area contributed by atoms with E-state index in [0.29, 0.717) is 6.54 Å². The van der Waals surface area contributed by atoms with E-state index in [2.05, 4.69) is 5.32 Å². The lowest BCUT2D eigenvalue weighted by atomic mass is 10.7. The van der Waals surface area contributed by atoms with E-state index in [1.165, 1.54) is 0 Å². The van der Waals surface area contributed by atoms with Gasteiger partial charge in [0, 0.05) is 13.6 Å². The first-order chi connectivity index (χ1) is 2.41. The van der Waals surface area contributed by atoms with Gasteiger partial charge in [0.05, 0.1) is 6.61 Å². The Balaban J connectivity index is 2.19. The minimum atomic E-state index is 0.177. The van der Waals surface area contributed by atoms with E-state index in [1.807, 2.05) is 0 Å². The molecule has 5 heavy (non-hydrogen) atoms. The topological polar surface area (TPSA) is 34.3 Å². The van der Waals surface area contributed by atoms with E-state index < -0.39 is 0 Å². The van der Waals surface area contributed by atoms with Crippen LogP contribution in [0, 0.1) is 0 Å². The summed E-state index contributed by atoms with van der Waals surface area (Å²) in [5.41, 5.74) is 0. The van der Waals surface area contributed by atoms with Crippen molar-refractivity contribution in [2.75, 3.05) is 20.2 Å². The largest absolute Gasteiger partial charge is 0.395 e. The first kappa shape index (κ1) is 4.92. The highest BCUT2D eigenvalue weighted by molar-refractivity contribution is 4.26. The Bertz CT molecular complexity index is 14.4. The molecule has 0 bridgehead atoms. The van der Waals surface area contributed by atoms with Gasteiger partial charge in [-0.3, -0.25) is 0 Å². The van der Waals surface area contributed by atoms with Crippen LogP contribution in [0.4, 0.5) is 0 Å². The zero-order valence-corrected chi connectivity index (χ0v) is 3.31. The van der Waals surface area contributed by atoms with Crippen molar-refractivity contribution < 1.29 is 5.11 Å². The van der Waals surface area contributed by atoms with Crippen molar-refractivity contribution in [2.24, 2.45) is 0 Å². The van der Waals surface area contributed by atoms with Crippen LogP contribution < -0.4 is 5.32 Å². The maximum absolute atomic E-state index is 7.97. The molecule has 0 spiro atoms. The summed E-state index contributed by atoms with van der Waals surface area (Å²) >= 11 is 0. The van der Waals surface area contributed by atoms with Crippen LogP contribution in [0.5, 0.6) is 0 Å². The van der Waals surface area contributed by atoms with Crippen LogP contribution in [0.15, 0.2) is 0 Å². The average Bonchev–Trinajstić information content (AvgIpc) is 1.41. The second kappa shape index (κ2) is 3.92. The lowest BCUT2D eigenvalue weighted by molar-refractivity contribution is 0.295. The molecule has 0 fully saturated rings. The van der Waals surface area contributed by atoms with Gasteiger partial charge in [-0.2, -0.15) is 0 Å². The molecule has 0 aromatic rings. The van der Waals surface area contributed by atoms with Crippen LogP contribution in [0.3, 0.4) is 0 Å². The van der Waals surface area contributed by atoms with Crippen molar-refractivity contribution in [3.8, 4) is 0 Å². The van der Waals surface area contributed by atoms with Crippen molar-refractivity contribution in [3.63, 3.8) is 0 Å². The molecular formula is C3H8NO. The third kappa shape index (κ3) is 3.92. The summed E-state index contributed by atoms with van der Waals surface area (Å²) < 4.78 is 0. The summed E-state index contributed by atoms with van der Waals surface area (Å²) in [5, 5.41) is 11.6. The Morgan fingerprint density at radius 1 is 1.80 bits per heavy atom. The molecule has 0 heterocycles. The van der Waals surface area contributed by atoms with Gasteiger partial charge in [0.1, 0.15) is 0 Å². The molecule has 0 saturated carbocycles. The number of aliphatic hydroxyl groups is 1. The number of rotatable bonds is 2. The molecule has 0 aliphatic carbocycles. The predicted octanol–water partition coefficient (Wildman–Crippen LogP) is -0.787. The quantitative estimate of drug-likeness (QED) is 0.457. The molecule has 0 saturated heterocycles. The van der Waals surface area contributed by atoms with Gasteiger partial charge in [0.25, 0.3) is 0 Å². The fourth-order valence-corrected chi connectivity index (χ4v) is 0.1000.